The van der Waals surface area contributed by atoms with Crippen molar-refractivity contribution in [1.82, 2.24) is 4.98 Å². The van der Waals surface area contributed by atoms with E-state index in [4.69, 9.17) is 11.6 Å². The van der Waals surface area contributed by atoms with Crippen LogP contribution in [0, 0.1) is 0 Å². The lowest BCUT2D eigenvalue weighted by Crippen LogP contribution is -2.16. The summed E-state index contributed by atoms with van der Waals surface area (Å²) in [5, 5.41) is 13.0. The van der Waals surface area contributed by atoms with Crippen LogP contribution >= 0.6 is 22.9 Å². The third-order valence-corrected chi connectivity index (χ3v) is 3.82. The van der Waals surface area contributed by atoms with Crippen molar-refractivity contribution in [1.29, 1.82) is 0 Å². The van der Waals surface area contributed by atoms with Crippen LogP contribution in [0.1, 0.15) is 24.3 Å². The Morgan fingerprint density at radius 2 is 2.06 bits per heavy atom. The van der Waals surface area contributed by atoms with Crippen molar-refractivity contribution < 1.29 is 5.11 Å². The lowest BCUT2D eigenvalue weighted by atomic mass is 10.2. The van der Waals surface area contributed by atoms with Crippen LogP contribution in [0.15, 0.2) is 29.6 Å². The van der Waals surface area contributed by atoms with E-state index in [1.165, 1.54) is 16.9 Å². The molecular formula is C13H15ClN2OS. The number of halogens is 1. The first kappa shape index (κ1) is 13.3. The zero-order valence-corrected chi connectivity index (χ0v) is 11.9. The molecule has 0 aliphatic heterocycles. The molecule has 1 N–H and O–H groups in total. The molecule has 0 radical (unpaired) electrons. The molecule has 0 bridgehead atoms. The average Bonchev–Trinajstić information content (AvgIpc) is 2.81. The van der Waals surface area contributed by atoms with Crippen LogP contribution in [0.5, 0.6) is 0 Å². The van der Waals surface area contributed by atoms with Gasteiger partial charge in [0.15, 0.2) is 5.13 Å². The average molecular weight is 283 g/mol. The van der Waals surface area contributed by atoms with Crippen molar-refractivity contribution in [3.05, 3.63) is 45.9 Å². The van der Waals surface area contributed by atoms with Crippen molar-refractivity contribution >= 4 is 28.1 Å². The summed E-state index contributed by atoms with van der Waals surface area (Å²) in [6.45, 7) is 2.49. The summed E-state index contributed by atoms with van der Waals surface area (Å²) in [5.74, 6) is 0. The van der Waals surface area contributed by atoms with Gasteiger partial charge in [-0.3, -0.25) is 0 Å². The van der Waals surface area contributed by atoms with Crippen LogP contribution in [0.3, 0.4) is 0 Å². The first-order valence-electron chi connectivity index (χ1n) is 5.65. The van der Waals surface area contributed by atoms with E-state index in [9.17, 15) is 5.11 Å². The molecule has 0 amide bonds. The number of aliphatic hydroxyl groups excluding tert-OH is 1. The molecule has 0 saturated carbocycles. The predicted octanol–water partition coefficient (Wildman–Crippen LogP) is 3.49. The maximum absolute atomic E-state index is 9.45. The number of rotatable bonds is 4. The molecule has 96 valence electrons. The molecule has 1 unspecified atom stereocenters. The van der Waals surface area contributed by atoms with E-state index < -0.39 is 6.10 Å². The molecule has 5 heteroatoms. The van der Waals surface area contributed by atoms with Crippen LogP contribution in [-0.4, -0.2) is 17.1 Å². The number of aromatic nitrogens is 1. The highest BCUT2D eigenvalue weighted by atomic mass is 35.5. The van der Waals surface area contributed by atoms with Crippen LogP contribution in [-0.2, 0) is 6.54 Å². The zero-order valence-electron chi connectivity index (χ0n) is 10.3. The summed E-state index contributed by atoms with van der Waals surface area (Å²) in [4.78, 5) is 6.45. The lowest BCUT2D eigenvalue weighted by Gasteiger charge is -2.15. The smallest absolute Gasteiger partial charge is 0.185 e. The normalized spacial score (nSPS) is 12.4. The van der Waals surface area contributed by atoms with Crippen molar-refractivity contribution in [2.75, 3.05) is 11.9 Å². The van der Waals surface area contributed by atoms with Gasteiger partial charge in [0.2, 0.25) is 0 Å². The van der Waals surface area contributed by atoms with Gasteiger partial charge >= 0.3 is 0 Å². The lowest BCUT2D eigenvalue weighted by molar-refractivity contribution is 0.195. The van der Waals surface area contributed by atoms with E-state index >= 15 is 0 Å². The van der Waals surface area contributed by atoms with Gasteiger partial charge in [-0.15, -0.1) is 11.3 Å². The summed E-state index contributed by atoms with van der Waals surface area (Å²) in [7, 11) is 1.99. The Morgan fingerprint density at radius 3 is 2.61 bits per heavy atom. The van der Waals surface area contributed by atoms with Gasteiger partial charge in [0.05, 0.1) is 11.8 Å². The number of anilines is 1. The molecule has 1 atom stereocenters. The van der Waals surface area contributed by atoms with Gasteiger partial charge in [0.25, 0.3) is 0 Å². The molecule has 0 aliphatic rings. The molecule has 0 aliphatic carbocycles. The van der Waals surface area contributed by atoms with Crippen LogP contribution in [0.2, 0.25) is 5.02 Å². The minimum Gasteiger partial charge on any atom is -0.387 e. The number of thiazole rings is 1. The standard InChI is InChI=1S/C13H15ClN2OS/c1-9(17)12-8-18-13(15-12)16(2)7-10-3-5-11(14)6-4-10/h3-6,8-9,17H,7H2,1-2H3. The zero-order chi connectivity index (χ0) is 13.1. The van der Waals surface area contributed by atoms with Crippen molar-refractivity contribution in [2.24, 2.45) is 0 Å². The second-order valence-electron chi connectivity index (χ2n) is 4.21. The van der Waals surface area contributed by atoms with Crippen LogP contribution < -0.4 is 4.90 Å². The van der Waals surface area contributed by atoms with E-state index in [1.807, 2.05) is 36.7 Å². The number of hydrogen-bond acceptors (Lipinski definition) is 4. The Hall–Kier alpha value is -1.10. The number of benzene rings is 1. The molecule has 1 aromatic carbocycles. The summed E-state index contributed by atoms with van der Waals surface area (Å²) in [6, 6.07) is 7.77. The fraction of sp³-hybridized carbons (Fsp3) is 0.308. The van der Waals surface area contributed by atoms with Crippen LogP contribution in [0.25, 0.3) is 0 Å². The Morgan fingerprint density at radius 1 is 1.39 bits per heavy atom. The fourth-order valence-corrected chi connectivity index (χ4v) is 2.58. The molecule has 2 aromatic rings. The maximum Gasteiger partial charge on any atom is 0.185 e. The Bertz CT molecular complexity index is 510. The number of hydrogen-bond donors (Lipinski definition) is 1. The Labute approximate surface area is 116 Å². The molecule has 0 saturated heterocycles. The van der Waals surface area contributed by atoms with Gasteiger partial charge in [-0.25, -0.2) is 4.98 Å². The van der Waals surface area contributed by atoms with Gasteiger partial charge < -0.3 is 10.0 Å². The van der Waals surface area contributed by atoms with Gasteiger partial charge in [-0.05, 0) is 24.6 Å². The quantitative estimate of drug-likeness (QED) is 0.933. The van der Waals surface area contributed by atoms with Gasteiger partial charge in [-0.2, -0.15) is 0 Å². The first-order valence-corrected chi connectivity index (χ1v) is 6.91. The highest BCUT2D eigenvalue weighted by Crippen LogP contribution is 2.24. The van der Waals surface area contributed by atoms with Gasteiger partial charge in [0.1, 0.15) is 0 Å². The third-order valence-electron chi connectivity index (χ3n) is 2.60. The molecule has 1 heterocycles. The molecule has 0 fully saturated rings. The molecule has 18 heavy (non-hydrogen) atoms. The maximum atomic E-state index is 9.45. The van der Waals surface area contributed by atoms with E-state index in [1.54, 1.807) is 6.92 Å². The van der Waals surface area contributed by atoms with Crippen molar-refractivity contribution in [3.63, 3.8) is 0 Å². The monoisotopic (exact) mass is 282 g/mol. The number of aliphatic hydroxyl groups is 1. The van der Waals surface area contributed by atoms with Crippen LogP contribution in [0.4, 0.5) is 5.13 Å². The largest absolute Gasteiger partial charge is 0.387 e. The summed E-state index contributed by atoms with van der Waals surface area (Å²) >= 11 is 7.39. The summed E-state index contributed by atoms with van der Waals surface area (Å²) in [5.41, 5.74) is 1.90. The Kier molecular flexibility index (Phi) is 4.22. The van der Waals surface area contributed by atoms with E-state index in [0.717, 1.165) is 22.4 Å². The topological polar surface area (TPSA) is 36.4 Å². The molecule has 2 rings (SSSR count). The predicted molar refractivity (Wildman–Crippen MR) is 76.3 cm³/mol. The summed E-state index contributed by atoms with van der Waals surface area (Å²) < 4.78 is 0. The minimum atomic E-state index is -0.515. The second kappa shape index (κ2) is 5.69. The first-order chi connectivity index (χ1) is 8.56. The van der Waals surface area contributed by atoms with Gasteiger partial charge in [-0.1, -0.05) is 23.7 Å². The molecule has 3 nitrogen and oxygen atoms in total. The fourth-order valence-electron chi connectivity index (χ4n) is 1.57. The highest BCUT2D eigenvalue weighted by molar-refractivity contribution is 7.13. The SMILES string of the molecule is CC(O)c1csc(N(C)Cc2ccc(Cl)cc2)n1. The van der Waals surface area contributed by atoms with Crippen molar-refractivity contribution in [2.45, 2.75) is 19.6 Å². The highest BCUT2D eigenvalue weighted by Gasteiger charge is 2.10. The molecule has 1 aromatic heterocycles. The minimum absolute atomic E-state index is 0.515. The second-order valence-corrected chi connectivity index (χ2v) is 5.49. The van der Waals surface area contributed by atoms with E-state index in [-0.39, 0.29) is 0 Å². The number of nitrogens with zero attached hydrogens (tertiary/aromatic N) is 2. The third kappa shape index (κ3) is 3.22. The van der Waals surface area contributed by atoms with Gasteiger partial charge in [0, 0.05) is 24.0 Å². The van der Waals surface area contributed by atoms with Crippen molar-refractivity contribution in [3.8, 4) is 0 Å². The van der Waals surface area contributed by atoms with E-state index in [2.05, 4.69) is 9.88 Å². The summed E-state index contributed by atoms with van der Waals surface area (Å²) in [6.07, 6.45) is -0.515. The molecule has 0 spiro atoms. The van der Waals surface area contributed by atoms with E-state index in [0.29, 0.717) is 0 Å². The molecular weight excluding hydrogens is 268 g/mol. The Balaban J connectivity index is 2.06.